The lowest BCUT2D eigenvalue weighted by Gasteiger charge is -2.39. The SMILES string of the molecule is Cc1cc(N2C[C@H]3CC[C@@H](C2)C3NC(=O)OC(C)(C)C)ccn1. The fourth-order valence-corrected chi connectivity index (χ4v) is 3.84. The summed E-state index contributed by atoms with van der Waals surface area (Å²) in [5.41, 5.74) is 1.84. The minimum Gasteiger partial charge on any atom is -0.444 e. The molecule has 2 bridgehead atoms. The lowest BCUT2D eigenvalue weighted by Crippen LogP contribution is -2.53. The highest BCUT2D eigenvalue weighted by molar-refractivity contribution is 5.68. The molecule has 1 N–H and O–H groups in total. The number of nitrogens with one attached hydrogen (secondary N) is 1. The zero-order chi connectivity index (χ0) is 16.6. The predicted molar refractivity (Wildman–Crippen MR) is 90.6 cm³/mol. The number of carbonyl (C=O) groups excluding carboxylic acids is 1. The van der Waals surface area contributed by atoms with E-state index in [4.69, 9.17) is 4.74 Å². The summed E-state index contributed by atoms with van der Waals surface area (Å²) < 4.78 is 5.42. The van der Waals surface area contributed by atoms with Crippen LogP contribution in [0.3, 0.4) is 0 Å². The Morgan fingerprint density at radius 1 is 1.30 bits per heavy atom. The van der Waals surface area contributed by atoms with E-state index in [1.807, 2.05) is 33.9 Å². The first-order valence-corrected chi connectivity index (χ1v) is 8.49. The number of pyridine rings is 1. The number of hydrogen-bond acceptors (Lipinski definition) is 4. The fourth-order valence-electron chi connectivity index (χ4n) is 3.84. The van der Waals surface area contributed by atoms with Gasteiger partial charge in [0.1, 0.15) is 5.60 Å². The van der Waals surface area contributed by atoms with Crippen molar-refractivity contribution < 1.29 is 9.53 Å². The van der Waals surface area contributed by atoms with Crippen molar-refractivity contribution in [1.29, 1.82) is 0 Å². The van der Waals surface area contributed by atoms with E-state index >= 15 is 0 Å². The van der Waals surface area contributed by atoms with Crippen LogP contribution in [0, 0.1) is 18.8 Å². The van der Waals surface area contributed by atoms with Gasteiger partial charge in [0.2, 0.25) is 0 Å². The predicted octanol–water partition coefficient (Wildman–Crippen LogP) is 3.13. The Bertz CT molecular complexity index is 568. The van der Waals surface area contributed by atoms with Crippen LogP contribution in [0.2, 0.25) is 0 Å². The van der Waals surface area contributed by atoms with Crippen LogP contribution in [0.25, 0.3) is 0 Å². The van der Waals surface area contributed by atoms with E-state index in [0.29, 0.717) is 11.8 Å². The molecule has 1 aliphatic carbocycles. The number of carbonyl (C=O) groups is 1. The van der Waals surface area contributed by atoms with Crippen molar-refractivity contribution >= 4 is 11.8 Å². The molecule has 1 saturated heterocycles. The van der Waals surface area contributed by atoms with Crippen molar-refractivity contribution in [2.45, 2.75) is 52.2 Å². The third-order valence-corrected chi connectivity index (χ3v) is 4.76. The van der Waals surface area contributed by atoms with Crippen molar-refractivity contribution in [3.05, 3.63) is 24.0 Å². The number of hydrogen-bond donors (Lipinski definition) is 1. The highest BCUT2D eigenvalue weighted by Crippen LogP contribution is 2.38. The standard InChI is InChI=1S/C18H27N3O2/c1-12-9-15(7-8-19-12)21-10-13-5-6-14(11-21)16(13)20-17(22)23-18(2,3)4/h7-9,13-14,16H,5-6,10-11H2,1-4H3,(H,20,22)/t13-,14+,16?. The Morgan fingerprint density at radius 3 is 2.52 bits per heavy atom. The molecule has 1 aromatic rings. The first-order valence-electron chi connectivity index (χ1n) is 8.49. The second-order valence-electron chi connectivity index (χ2n) is 7.83. The van der Waals surface area contributed by atoms with Crippen LogP contribution in [0.5, 0.6) is 0 Å². The van der Waals surface area contributed by atoms with Gasteiger partial charge in [0, 0.05) is 36.7 Å². The summed E-state index contributed by atoms with van der Waals surface area (Å²) in [7, 11) is 0. The average molecular weight is 317 g/mol. The molecule has 1 aliphatic heterocycles. The van der Waals surface area contributed by atoms with E-state index < -0.39 is 5.60 Å². The van der Waals surface area contributed by atoms with E-state index in [0.717, 1.165) is 18.8 Å². The summed E-state index contributed by atoms with van der Waals surface area (Å²) >= 11 is 0. The third-order valence-electron chi connectivity index (χ3n) is 4.76. The number of piperidine rings is 1. The number of ether oxygens (including phenoxy) is 1. The fraction of sp³-hybridized carbons (Fsp3) is 0.667. The second kappa shape index (κ2) is 6.02. The van der Waals surface area contributed by atoms with Crippen LogP contribution in [-0.2, 0) is 4.74 Å². The van der Waals surface area contributed by atoms with Crippen LogP contribution in [0.4, 0.5) is 10.5 Å². The quantitative estimate of drug-likeness (QED) is 0.910. The van der Waals surface area contributed by atoms with Gasteiger partial charge >= 0.3 is 6.09 Å². The second-order valence-corrected chi connectivity index (χ2v) is 7.83. The van der Waals surface area contributed by atoms with Gasteiger partial charge in [-0.3, -0.25) is 4.98 Å². The summed E-state index contributed by atoms with van der Waals surface area (Å²) in [6.07, 6.45) is 3.93. The summed E-state index contributed by atoms with van der Waals surface area (Å²) in [5, 5.41) is 3.12. The minimum absolute atomic E-state index is 0.240. The van der Waals surface area contributed by atoms with Crippen LogP contribution in [0.1, 0.15) is 39.3 Å². The molecule has 3 atom stereocenters. The van der Waals surface area contributed by atoms with Crippen LogP contribution >= 0.6 is 0 Å². The van der Waals surface area contributed by atoms with Gasteiger partial charge in [-0.1, -0.05) is 0 Å². The maximum Gasteiger partial charge on any atom is 0.407 e. The maximum atomic E-state index is 12.1. The van der Waals surface area contributed by atoms with E-state index in [1.54, 1.807) is 0 Å². The molecule has 3 rings (SSSR count). The molecule has 0 radical (unpaired) electrons. The molecular formula is C18H27N3O2. The number of aromatic nitrogens is 1. The summed E-state index contributed by atoms with van der Waals surface area (Å²) in [4.78, 5) is 18.8. The van der Waals surface area contributed by atoms with Gasteiger partial charge in [0.15, 0.2) is 0 Å². The van der Waals surface area contributed by atoms with Gasteiger partial charge < -0.3 is 15.0 Å². The first-order chi connectivity index (χ1) is 10.8. The van der Waals surface area contributed by atoms with Gasteiger partial charge in [-0.05, 0) is 64.5 Å². The summed E-state index contributed by atoms with van der Waals surface area (Å²) in [6.45, 7) is 9.69. The Labute approximate surface area is 138 Å². The largest absolute Gasteiger partial charge is 0.444 e. The third kappa shape index (κ3) is 3.77. The van der Waals surface area contributed by atoms with Gasteiger partial charge in [0.25, 0.3) is 0 Å². The number of nitrogens with zero attached hydrogens (tertiary/aromatic N) is 2. The molecule has 2 fully saturated rings. The topological polar surface area (TPSA) is 54.5 Å². The average Bonchev–Trinajstić information content (AvgIpc) is 2.68. The normalized spacial score (nSPS) is 27.0. The Balaban J connectivity index is 1.64. The zero-order valence-electron chi connectivity index (χ0n) is 14.5. The number of rotatable bonds is 2. The monoisotopic (exact) mass is 317 g/mol. The van der Waals surface area contributed by atoms with Gasteiger partial charge in [-0.25, -0.2) is 4.79 Å². The molecule has 2 heterocycles. The van der Waals surface area contributed by atoms with Gasteiger partial charge in [-0.2, -0.15) is 0 Å². The molecule has 23 heavy (non-hydrogen) atoms. The lowest BCUT2D eigenvalue weighted by atomic mass is 9.92. The Kier molecular flexibility index (Phi) is 4.21. The Hall–Kier alpha value is -1.78. The van der Waals surface area contributed by atoms with Crippen molar-refractivity contribution in [3.63, 3.8) is 0 Å². The minimum atomic E-state index is -0.446. The van der Waals surface area contributed by atoms with Gasteiger partial charge in [0.05, 0.1) is 0 Å². The van der Waals surface area contributed by atoms with Crippen molar-refractivity contribution in [2.75, 3.05) is 18.0 Å². The molecule has 0 aromatic carbocycles. The molecule has 0 spiro atoms. The van der Waals surface area contributed by atoms with Crippen LogP contribution in [-0.4, -0.2) is 35.8 Å². The molecule has 5 heteroatoms. The highest BCUT2D eigenvalue weighted by atomic mass is 16.6. The van der Waals surface area contributed by atoms with Crippen molar-refractivity contribution in [3.8, 4) is 0 Å². The molecule has 1 saturated carbocycles. The molecule has 126 valence electrons. The molecule has 2 aliphatic rings. The molecular weight excluding hydrogens is 290 g/mol. The highest BCUT2D eigenvalue weighted by Gasteiger charge is 2.43. The van der Waals surface area contributed by atoms with Crippen LogP contribution in [0.15, 0.2) is 18.3 Å². The van der Waals surface area contributed by atoms with E-state index in [2.05, 4.69) is 27.3 Å². The van der Waals surface area contributed by atoms with E-state index in [-0.39, 0.29) is 12.1 Å². The number of alkyl carbamates (subject to hydrolysis) is 1. The van der Waals surface area contributed by atoms with Crippen LogP contribution < -0.4 is 10.2 Å². The molecule has 5 nitrogen and oxygen atoms in total. The molecule has 1 aromatic heterocycles. The molecule has 1 amide bonds. The first kappa shape index (κ1) is 16.1. The molecule has 1 unspecified atom stereocenters. The van der Waals surface area contributed by atoms with E-state index in [1.165, 1.54) is 18.5 Å². The number of anilines is 1. The maximum absolute atomic E-state index is 12.1. The summed E-state index contributed by atoms with van der Waals surface area (Å²) in [6, 6.07) is 4.46. The van der Waals surface area contributed by atoms with Crippen molar-refractivity contribution in [1.82, 2.24) is 10.3 Å². The smallest absolute Gasteiger partial charge is 0.407 e. The van der Waals surface area contributed by atoms with Crippen molar-refractivity contribution in [2.24, 2.45) is 11.8 Å². The lowest BCUT2D eigenvalue weighted by molar-refractivity contribution is 0.0472. The summed E-state index contributed by atoms with van der Waals surface area (Å²) in [5.74, 6) is 0.990. The van der Waals surface area contributed by atoms with Gasteiger partial charge in [-0.15, -0.1) is 0 Å². The zero-order valence-corrected chi connectivity index (χ0v) is 14.5. The van der Waals surface area contributed by atoms with E-state index in [9.17, 15) is 4.79 Å². The number of amides is 1. The number of fused-ring (bicyclic) bond motifs is 2. The number of aryl methyl sites for hydroxylation is 1. The Morgan fingerprint density at radius 2 is 1.96 bits per heavy atom.